The summed E-state index contributed by atoms with van der Waals surface area (Å²) in [5, 5.41) is 6.45. The van der Waals surface area contributed by atoms with Gasteiger partial charge in [0.05, 0.1) is 0 Å². The van der Waals surface area contributed by atoms with Crippen molar-refractivity contribution in [2.45, 2.75) is 38.8 Å². The van der Waals surface area contributed by atoms with E-state index in [9.17, 15) is 4.79 Å². The van der Waals surface area contributed by atoms with E-state index >= 15 is 0 Å². The molecule has 0 aliphatic carbocycles. The summed E-state index contributed by atoms with van der Waals surface area (Å²) in [6.07, 6.45) is 1.61. The van der Waals surface area contributed by atoms with Gasteiger partial charge in [0.25, 0.3) is 5.91 Å². The number of carbonyl (C=O) groups excluding carboxylic acids is 1. The lowest BCUT2D eigenvalue weighted by Gasteiger charge is -2.26. The third-order valence-electron chi connectivity index (χ3n) is 3.09. The number of nitrogens with two attached hydrogens (primary N) is 1. The molecule has 0 atom stereocenters. The largest absolute Gasteiger partial charge is 0.377 e. The second-order valence-electron chi connectivity index (χ2n) is 4.36. The van der Waals surface area contributed by atoms with Crippen LogP contribution in [-0.4, -0.2) is 30.3 Å². The van der Waals surface area contributed by atoms with E-state index in [2.05, 4.69) is 10.5 Å². The summed E-state index contributed by atoms with van der Waals surface area (Å²) in [6, 6.07) is 1.56. The van der Waals surface area contributed by atoms with Crippen LogP contribution in [0.1, 0.15) is 42.9 Å². The van der Waals surface area contributed by atoms with Gasteiger partial charge >= 0.3 is 0 Å². The summed E-state index contributed by atoms with van der Waals surface area (Å²) >= 11 is 0. The molecule has 0 spiro atoms. The van der Waals surface area contributed by atoms with Crippen LogP contribution in [0.5, 0.6) is 0 Å². The second kappa shape index (κ2) is 6.51. The van der Waals surface area contributed by atoms with E-state index in [0.717, 1.165) is 12.8 Å². The molecule has 0 aliphatic rings. The average Bonchev–Trinajstić information content (AvgIpc) is 2.85. The topological polar surface area (TPSA) is 90.4 Å². The molecule has 0 unspecified atom stereocenters. The number of hydrogen-bond acceptors (Lipinski definition) is 5. The number of nitrogens with zero attached hydrogens (tertiary/aromatic N) is 1. The predicted octanol–water partition coefficient (Wildman–Crippen LogP) is 1.07. The Bertz CT molecular complexity index is 386. The molecule has 0 radical (unpaired) electrons. The molecule has 0 saturated carbocycles. The van der Waals surface area contributed by atoms with E-state index in [1.807, 2.05) is 13.8 Å². The first-order valence-electron chi connectivity index (χ1n) is 6.06. The Balaban J connectivity index is 2.54. The van der Waals surface area contributed by atoms with Gasteiger partial charge in [-0.1, -0.05) is 19.0 Å². The van der Waals surface area contributed by atoms with Crippen molar-refractivity contribution in [3.8, 4) is 0 Å². The molecule has 3 N–H and O–H groups in total. The number of aromatic nitrogens is 1. The number of rotatable bonds is 7. The van der Waals surface area contributed by atoms with Crippen LogP contribution >= 0.6 is 0 Å². The first kappa shape index (κ1) is 14.7. The number of ether oxygens (including phenoxy) is 1. The quantitative estimate of drug-likeness (QED) is 0.760. The van der Waals surface area contributed by atoms with Crippen LogP contribution in [0.2, 0.25) is 0 Å². The van der Waals surface area contributed by atoms with Crippen molar-refractivity contribution in [1.82, 2.24) is 10.5 Å². The lowest BCUT2D eigenvalue weighted by molar-refractivity contribution is 0.0932. The second-order valence-corrected chi connectivity index (χ2v) is 4.36. The Morgan fingerprint density at radius 2 is 2.22 bits per heavy atom. The standard InChI is InChI=1S/C12H21N3O3/c1-4-12(13,5-2)8-14-11(16)10-6-9(7-17-3)18-15-10/h6H,4-5,7-8,13H2,1-3H3,(H,14,16). The summed E-state index contributed by atoms with van der Waals surface area (Å²) in [5.41, 5.74) is 5.98. The normalized spacial score (nSPS) is 11.6. The minimum Gasteiger partial charge on any atom is -0.377 e. The highest BCUT2D eigenvalue weighted by Gasteiger charge is 2.22. The minimum absolute atomic E-state index is 0.247. The number of carbonyl (C=O) groups is 1. The molecule has 1 amide bonds. The molecule has 1 rings (SSSR count). The average molecular weight is 255 g/mol. The van der Waals surface area contributed by atoms with E-state index in [1.165, 1.54) is 0 Å². The lowest BCUT2D eigenvalue weighted by Crippen LogP contribution is -2.49. The van der Waals surface area contributed by atoms with Crippen molar-refractivity contribution in [3.05, 3.63) is 17.5 Å². The Kier molecular flexibility index (Phi) is 5.30. The molecule has 1 aromatic rings. The summed E-state index contributed by atoms with van der Waals surface area (Å²) in [7, 11) is 1.55. The zero-order valence-electron chi connectivity index (χ0n) is 11.2. The predicted molar refractivity (Wildman–Crippen MR) is 67.0 cm³/mol. The fourth-order valence-electron chi connectivity index (χ4n) is 1.48. The van der Waals surface area contributed by atoms with Crippen molar-refractivity contribution >= 4 is 5.91 Å². The Morgan fingerprint density at radius 3 is 2.78 bits per heavy atom. The molecule has 6 heteroatoms. The van der Waals surface area contributed by atoms with Gasteiger partial charge < -0.3 is 20.3 Å². The van der Waals surface area contributed by atoms with Gasteiger partial charge in [0, 0.05) is 25.3 Å². The van der Waals surface area contributed by atoms with Crippen molar-refractivity contribution < 1.29 is 14.1 Å². The summed E-state index contributed by atoms with van der Waals surface area (Å²) in [6.45, 7) is 4.72. The highest BCUT2D eigenvalue weighted by Crippen LogP contribution is 2.10. The van der Waals surface area contributed by atoms with Crippen LogP contribution in [0.25, 0.3) is 0 Å². The molecule has 6 nitrogen and oxygen atoms in total. The third-order valence-corrected chi connectivity index (χ3v) is 3.09. The smallest absolute Gasteiger partial charge is 0.273 e. The van der Waals surface area contributed by atoms with Gasteiger partial charge in [0.2, 0.25) is 0 Å². The van der Waals surface area contributed by atoms with Gasteiger partial charge in [-0.05, 0) is 12.8 Å². The number of amides is 1. The van der Waals surface area contributed by atoms with Gasteiger partial charge in [-0.3, -0.25) is 4.79 Å². The van der Waals surface area contributed by atoms with Gasteiger partial charge in [-0.15, -0.1) is 0 Å². The fourth-order valence-corrected chi connectivity index (χ4v) is 1.48. The fraction of sp³-hybridized carbons (Fsp3) is 0.667. The molecular weight excluding hydrogens is 234 g/mol. The number of hydrogen-bond donors (Lipinski definition) is 2. The molecule has 1 aromatic heterocycles. The molecule has 0 bridgehead atoms. The van der Waals surface area contributed by atoms with Crippen LogP contribution in [0.4, 0.5) is 0 Å². The van der Waals surface area contributed by atoms with Crippen molar-refractivity contribution in [3.63, 3.8) is 0 Å². The first-order valence-corrected chi connectivity index (χ1v) is 6.06. The summed E-state index contributed by atoms with van der Waals surface area (Å²) in [5.74, 6) is 0.241. The van der Waals surface area contributed by atoms with Crippen LogP contribution < -0.4 is 11.1 Å². The maximum Gasteiger partial charge on any atom is 0.273 e. The van der Waals surface area contributed by atoms with Gasteiger partial charge in [-0.25, -0.2) is 0 Å². The van der Waals surface area contributed by atoms with E-state index in [-0.39, 0.29) is 17.1 Å². The zero-order valence-corrected chi connectivity index (χ0v) is 11.2. The lowest BCUT2D eigenvalue weighted by atomic mass is 9.94. The maximum atomic E-state index is 11.8. The molecule has 0 fully saturated rings. The summed E-state index contributed by atoms with van der Waals surface area (Å²) < 4.78 is 9.83. The minimum atomic E-state index is -0.366. The van der Waals surface area contributed by atoms with Crippen molar-refractivity contribution in [1.29, 1.82) is 0 Å². The summed E-state index contributed by atoms with van der Waals surface area (Å²) in [4.78, 5) is 11.8. The first-order chi connectivity index (χ1) is 8.54. The molecule has 18 heavy (non-hydrogen) atoms. The molecule has 0 aliphatic heterocycles. The van der Waals surface area contributed by atoms with E-state index in [0.29, 0.717) is 18.9 Å². The monoisotopic (exact) mass is 255 g/mol. The Labute approximate surface area is 107 Å². The molecule has 1 heterocycles. The van der Waals surface area contributed by atoms with E-state index in [4.69, 9.17) is 15.0 Å². The highest BCUT2D eigenvalue weighted by atomic mass is 16.5. The zero-order chi connectivity index (χ0) is 13.6. The number of methoxy groups -OCH3 is 1. The van der Waals surface area contributed by atoms with Crippen LogP contribution in [-0.2, 0) is 11.3 Å². The third kappa shape index (κ3) is 3.82. The van der Waals surface area contributed by atoms with Crippen molar-refractivity contribution in [2.24, 2.45) is 5.73 Å². The van der Waals surface area contributed by atoms with Crippen LogP contribution in [0, 0.1) is 0 Å². The Hall–Kier alpha value is -1.40. The van der Waals surface area contributed by atoms with Crippen LogP contribution in [0.3, 0.4) is 0 Å². The van der Waals surface area contributed by atoms with Gasteiger partial charge in [-0.2, -0.15) is 0 Å². The molecule has 0 saturated heterocycles. The number of nitrogens with one attached hydrogen (secondary N) is 1. The SMILES string of the molecule is CCC(N)(CC)CNC(=O)c1cc(COC)on1. The van der Waals surface area contributed by atoms with E-state index in [1.54, 1.807) is 13.2 Å². The highest BCUT2D eigenvalue weighted by molar-refractivity contribution is 5.92. The van der Waals surface area contributed by atoms with Crippen molar-refractivity contribution in [2.75, 3.05) is 13.7 Å². The van der Waals surface area contributed by atoms with E-state index < -0.39 is 0 Å². The molecule has 102 valence electrons. The maximum absolute atomic E-state index is 11.8. The van der Waals surface area contributed by atoms with Crippen LogP contribution in [0.15, 0.2) is 10.6 Å². The molecular formula is C12H21N3O3. The van der Waals surface area contributed by atoms with Gasteiger partial charge in [0.1, 0.15) is 6.61 Å². The molecule has 0 aromatic carbocycles. The van der Waals surface area contributed by atoms with Gasteiger partial charge in [0.15, 0.2) is 11.5 Å². The Morgan fingerprint density at radius 1 is 1.56 bits per heavy atom.